The van der Waals surface area contributed by atoms with Gasteiger partial charge in [0.1, 0.15) is 0 Å². The van der Waals surface area contributed by atoms with Gasteiger partial charge in [-0.1, -0.05) is 6.07 Å². The van der Waals surface area contributed by atoms with Gasteiger partial charge in [0.2, 0.25) is 0 Å². The summed E-state index contributed by atoms with van der Waals surface area (Å²) in [5.41, 5.74) is 0.566. The second kappa shape index (κ2) is 4.94. The molecule has 96 valence electrons. The lowest BCUT2D eigenvalue weighted by molar-refractivity contribution is 0.0788. The number of aliphatic hydroxyl groups is 1. The lowest BCUT2D eigenvalue weighted by Gasteiger charge is -2.33. The fourth-order valence-electron chi connectivity index (χ4n) is 1.39. The van der Waals surface area contributed by atoms with Crippen molar-refractivity contribution in [3.63, 3.8) is 0 Å². The van der Waals surface area contributed by atoms with Crippen LogP contribution in [0.5, 0.6) is 11.5 Å². The number of nitrogens with zero attached hydrogens (tertiary/aromatic N) is 1. The SMILES string of the molecule is CN(C[C@H](O)c1ccc(O)c(O)c1)C(C)(C)C. The Balaban J connectivity index is 2.76. The Morgan fingerprint density at radius 1 is 1.18 bits per heavy atom. The highest BCUT2D eigenvalue weighted by atomic mass is 16.3. The molecule has 4 heteroatoms. The van der Waals surface area contributed by atoms with Crippen LogP contribution in [0.3, 0.4) is 0 Å². The van der Waals surface area contributed by atoms with E-state index in [0.29, 0.717) is 12.1 Å². The summed E-state index contributed by atoms with van der Waals surface area (Å²) in [6, 6.07) is 4.37. The quantitative estimate of drug-likeness (QED) is 0.704. The van der Waals surface area contributed by atoms with E-state index in [0.717, 1.165) is 0 Å². The number of β-amino-alcohol motifs (C(OH)–C–C–N with tert-alkyl or cyclic N) is 1. The first kappa shape index (κ1) is 13.8. The molecule has 0 heterocycles. The highest BCUT2D eigenvalue weighted by Gasteiger charge is 2.20. The number of aromatic hydroxyl groups is 2. The van der Waals surface area contributed by atoms with E-state index in [4.69, 9.17) is 0 Å². The lowest BCUT2D eigenvalue weighted by Crippen LogP contribution is -2.40. The van der Waals surface area contributed by atoms with Crippen molar-refractivity contribution in [1.82, 2.24) is 4.90 Å². The Hall–Kier alpha value is -1.26. The van der Waals surface area contributed by atoms with Crippen molar-refractivity contribution in [2.75, 3.05) is 13.6 Å². The number of hydrogen-bond acceptors (Lipinski definition) is 4. The maximum atomic E-state index is 10.0. The molecule has 0 aromatic heterocycles. The van der Waals surface area contributed by atoms with Crippen molar-refractivity contribution in [3.8, 4) is 11.5 Å². The maximum absolute atomic E-state index is 10.0. The molecular weight excluding hydrogens is 218 g/mol. The lowest BCUT2D eigenvalue weighted by atomic mass is 10.0. The number of likely N-dealkylation sites (N-methyl/N-ethyl adjacent to an activating group) is 1. The van der Waals surface area contributed by atoms with E-state index in [1.807, 2.05) is 11.9 Å². The molecule has 0 fully saturated rings. The molecule has 0 aliphatic carbocycles. The molecule has 3 N–H and O–H groups in total. The predicted octanol–water partition coefficient (Wildman–Crippen LogP) is 1.86. The van der Waals surface area contributed by atoms with E-state index in [-0.39, 0.29) is 17.0 Å². The first-order chi connectivity index (χ1) is 7.71. The Morgan fingerprint density at radius 2 is 1.76 bits per heavy atom. The topological polar surface area (TPSA) is 63.9 Å². The number of phenolic OH excluding ortho intramolecular Hbond substituents is 2. The fraction of sp³-hybridized carbons (Fsp3) is 0.538. The van der Waals surface area contributed by atoms with Crippen LogP contribution in [0, 0.1) is 0 Å². The third-order valence-electron chi connectivity index (χ3n) is 2.98. The monoisotopic (exact) mass is 239 g/mol. The first-order valence-electron chi connectivity index (χ1n) is 5.63. The number of benzene rings is 1. The van der Waals surface area contributed by atoms with Crippen LogP contribution in [0.15, 0.2) is 18.2 Å². The molecule has 0 aliphatic rings. The van der Waals surface area contributed by atoms with Crippen LogP contribution < -0.4 is 0 Å². The molecule has 0 radical (unpaired) electrons. The molecule has 1 aromatic rings. The van der Waals surface area contributed by atoms with E-state index >= 15 is 0 Å². The minimum absolute atomic E-state index is 0.0278. The summed E-state index contributed by atoms with van der Waals surface area (Å²) in [6.45, 7) is 6.66. The average Bonchev–Trinajstić information content (AvgIpc) is 2.20. The van der Waals surface area contributed by atoms with E-state index in [1.54, 1.807) is 6.07 Å². The Morgan fingerprint density at radius 3 is 2.24 bits per heavy atom. The molecule has 4 nitrogen and oxygen atoms in total. The van der Waals surface area contributed by atoms with Gasteiger partial charge in [-0.25, -0.2) is 0 Å². The van der Waals surface area contributed by atoms with Crippen molar-refractivity contribution in [2.45, 2.75) is 32.4 Å². The number of rotatable bonds is 3. The molecule has 0 saturated heterocycles. The van der Waals surface area contributed by atoms with Gasteiger partial charge in [-0.3, -0.25) is 4.90 Å². The maximum Gasteiger partial charge on any atom is 0.157 e. The molecule has 0 bridgehead atoms. The molecule has 0 spiro atoms. The number of aliphatic hydroxyl groups excluding tert-OH is 1. The molecule has 17 heavy (non-hydrogen) atoms. The van der Waals surface area contributed by atoms with Crippen LogP contribution in [-0.2, 0) is 0 Å². The summed E-state index contributed by atoms with van der Waals surface area (Å²) >= 11 is 0. The summed E-state index contributed by atoms with van der Waals surface area (Å²) in [5.74, 6) is -0.384. The number of phenols is 2. The van der Waals surface area contributed by atoms with Gasteiger partial charge < -0.3 is 15.3 Å². The first-order valence-corrected chi connectivity index (χ1v) is 5.63. The van der Waals surface area contributed by atoms with Crippen molar-refractivity contribution >= 4 is 0 Å². The summed E-state index contributed by atoms with van der Waals surface area (Å²) < 4.78 is 0. The molecule has 1 aromatic carbocycles. The standard InChI is InChI=1S/C13H21NO3/c1-13(2,3)14(4)8-12(17)9-5-6-10(15)11(16)7-9/h5-7,12,15-17H,8H2,1-4H3/t12-/m0/s1. The van der Waals surface area contributed by atoms with E-state index in [1.165, 1.54) is 12.1 Å². The van der Waals surface area contributed by atoms with Gasteiger partial charge in [0.25, 0.3) is 0 Å². The van der Waals surface area contributed by atoms with Gasteiger partial charge >= 0.3 is 0 Å². The van der Waals surface area contributed by atoms with Crippen molar-refractivity contribution in [3.05, 3.63) is 23.8 Å². The summed E-state index contributed by atoms with van der Waals surface area (Å²) in [6.07, 6.45) is -0.689. The van der Waals surface area contributed by atoms with Gasteiger partial charge in [-0.15, -0.1) is 0 Å². The van der Waals surface area contributed by atoms with Gasteiger partial charge in [0.15, 0.2) is 11.5 Å². The van der Waals surface area contributed by atoms with Gasteiger partial charge in [0.05, 0.1) is 6.10 Å². The minimum Gasteiger partial charge on any atom is -0.504 e. The Kier molecular flexibility index (Phi) is 4.01. The van der Waals surface area contributed by atoms with Crippen LogP contribution in [0.25, 0.3) is 0 Å². The third-order valence-corrected chi connectivity index (χ3v) is 2.98. The van der Waals surface area contributed by atoms with Crippen LogP contribution in [0.1, 0.15) is 32.4 Å². The molecule has 0 aliphatic heterocycles. The summed E-state index contributed by atoms with van der Waals surface area (Å²) in [4.78, 5) is 2.03. The van der Waals surface area contributed by atoms with Crippen LogP contribution in [0.4, 0.5) is 0 Å². The Bertz CT molecular complexity index is 385. The van der Waals surface area contributed by atoms with Crippen molar-refractivity contribution < 1.29 is 15.3 Å². The largest absolute Gasteiger partial charge is 0.504 e. The van der Waals surface area contributed by atoms with Crippen LogP contribution in [-0.4, -0.2) is 39.4 Å². The summed E-state index contributed by atoms with van der Waals surface area (Å²) in [7, 11) is 1.93. The van der Waals surface area contributed by atoms with Crippen molar-refractivity contribution in [1.29, 1.82) is 0 Å². The van der Waals surface area contributed by atoms with E-state index in [2.05, 4.69) is 20.8 Å². The fourth-order valence-corrected chi connectivity index (χ4v) is 1.39. The molecule has 0 saturated carbocycles. The highest BCUT2D eigenvalue weighted by Crippen LogP contribution is 2.28. The van der Waals surface area contributed by atoms with Crippen LogP contribution in [0.2, 0.25) is 0 Å². The van der Waals surface area contributed by atoms with Crippen LogP contribution >= 0.6 is 0 Å². The third kappa shape index (κ3) is 3.61. The second-order valence-electron chi connectivity index (χ2n) is 5.32. The van der Waals surface area contributed by atoms with E-state index in [9.17, 15) is 15.3 Å². The molecule has 0 unspecified atom stereocenters. The summed E-state index contributed by atoms with van der Waals surface area (Å²) in [5, 5.41) is 28.6. The van der Waals surface area contributed by atoms with Crippen molar-refractivity contribution in [2.24, 2.45) is 0 Å². The highest BCUT2D eigenvalue weighted by molar-refractivity contribution is 5.41. The number of hydrogen-bond donors (Lipinski definition) is 3. The van der Waals surface area contributed by atoms with Gasteiger partial charge in [-0.2, -0.15) is 0 Å². The zero-order valence-electron chi connectivity index (χ0n) is 10.8. The average molecular weight is 239 g/mol. The van der Waals surface area contributed by atoms with Gasteiger partial charge in [-0.05, 0) is 45.5 Å². The minimum atomic E-state index is -0.689. The molecular formula is C13H21NO3. The normalized spacial score (nSPS) is 14.0. The molecule has 1 atom stereocenters. The molecule has 1 rings (SSSR count). The second-order valence-corrected chi connectivity index (χ2v) is 5.32. The van der Waals surface area contributed by atoms with Gasteiger partial charge in [0, 0.05) is 12.1 Å². The predicted molar refractivity (Wildman–Crippen MR) is 67.1 cm³/mol. The zero-order chi connectivity index (χ0) is 13.2. The zero-order valence-corrected chi connectivity index (χ0v) is 10.8. The Labute approximate surface area is 102 Å². The van der Waals surface area contributed by atoms with E-state index < -0.39 is 6.10 Å². The molecule has 0 amide bonds. The smallest absolute Gasteiger partial charge is 0.157 e.